The third-order valence-corrected chi connectivity index (χ3v) is 3.10. The zero-order valence-corrected chi connectivity index (χ0v) is 9.77. The van der Waals surface area contributed by atoms with Gasteiger partial charge in [0.15, 0.2) is 10.8 Å². The number of benzene rings is 1. The van der Waals surface area contributed by atoms with Gasteiger partial charge in [-0.25, -0.2) is 8.78 Å². The monoisotopic (exact) mass is 261 g/mol. The van der Waals surface area contributed by atoms with E-state index in [1.165, 1.54) is 18.2 Å². The molecular formula is C12H9Cl2F2. The third-order valence-electron chi connectivity index (χ3n) is 2.52. The SMILES string of the molecule is FC1(Cl)[CH]C=CC(F)(c2ccccc2Cl)C1. The molecule has 0 aromatic heterocycles. The van der Waals surface area contributed by atoms with E-state index in [2.05, 4.69) is 0 Å². The van der Waals surface area contributed by atoms with Crippen molar-refractivity contribution in [1.82, 2.24) is 0 Å². The van der Waals surface area contributed by atoms with E-state index >= 15 is 0 Å². The van der Waals surface area contributed by atoms with Gasteiger partial charge < -0.3 is 0 Å². The van der Waals surface area contributed by atoms with Crippen molar-refractivity contribution in [2.75, 3.05) is 0 Å². The molecule has 1 aliphatic rings. The van der Waals surface area contributed by atoms with Crippen LogP contribution >= 0.6 is 23.2 Å². The molecule has 0 saturated heterocycles. The summed E-state index contributed by atoms with van der Waals surface area (Å²) in [6.07, 6.45) is 3.22. The van der Waals surface area contributed by atoms with Crippen LogP contribution in [0.1, 0.15) is 12.0 Å². The second kappa shape index (κ2) is 4.01. The molecule has 1 aromatic rings. The van der Waals surface area contributed by atoms with Crippen LogP contribution in [0.2, 0.25) is 5.02 Å². The van der Waals surface area contributed by atoms with E-state index in [0.717, 1.165) is 6.42 Å². The molecule has 0 nitrogen and oxygen atoms in total. The predicted octanol–water partition coefficient (Wildman–Crippen LogP) is 4.57. The standard InChI is InChI=1S/C12H9Cl2F2/c13-10-5-2-1-4-9(10)11(15)6-3-7-12(14,16)8-11/h1-7H,8H2. The lowest BCUT2D eigenvalue weighted by molar-refractivity contribution is 0.140. The Balaban J connectivity index is 2.43. The smallest absolute Gasteiger partial charge is 0.194 e. The molecule has 85 valence electrons. The molecule has 0 spiro atoms. The third kappa shape index (κ3) is 2.23. The van der Waals surface area contributed by atoms with Gasteiger partial charge in [0.25, 0.3) is 0 Å². The Morgan fingerprint density at radius 2 is 1.88 bits per heavy atom. The lowest BCUT2D eigenvalue weighted by Gasteiger charge is -2.31. The molecule has 1 aromatic carbocycles. The lowest BCUT2D eigenvalue weighted by Crippen LogP contribution is -2.32. The van der Waals surface area contributed by atoms with Gasteiger partial charge in [-0.1, -0.05) is 47.5 Å². The summed E-state index contributed by atoms with van der Waals surface area (Å²) in [5.41, 5.74) is -1.72. The first-order valence-corrected chi connectivity index (χ1v) is 5.54. The Morgan fingerprint density at radius 1 is 1.19 bits per heavy atom. The number of rotatable bonds is 1. The minimum atomic E-state index is -2.16. The lowest BCUT2D eigenvalue weighted by atomic mass is 9.85. The quantitative estimate of drug-likeness (QED) is 0.650. The fourth-order valence-corrected chi connectivity index (χ4v) is 2.35. The highest BCUT2D eigenvalue weighted by Crippen LogP contribution is 2.46. The van der Waals surface area contributed by atoms with Crippen molar-refractivity contribution in [1.29, 1.82) is 0 Å². The summed E-state index contributed by atoms with van der Waals surface area (Å²) in [5, 5.41) is -1.90. The molecule has 16 heavy (non-hydrogen) atoms. The van der Waals surface area contributed by atoms with Gasteiger partial charge in [-0.2, -0.15) is 0 Å². The molecule has 1 aliphatic carbocycles. The Morgan fingerprint density at radius 3 is 2.50 bits per heavy atom. The molecular weight excluding hydrogens is 253 g/mol. The number of hydrogen-bond acceptors (Lipinski definition) is 0. The van der Waals surface area contributed by atoms with E-state index < -0.39 is 17.2 Å². The van der Waals surface area contributed by atoms with E-state index in [9.17, 15) is 8.78 Å². The Labute approximate surface area is 103 Å². The number of alkyl halides is 3. The van der Waals surface area contributed by atoms with Crippen LogP contribution in [0.3, 0.4) is 0 Å². The van der Waals surface area contributed by atoms with Crippen LogP contribution in [-0.4, -0.2) is 5.13 Å². The summed E-state index contributed by atoms with van der Waals surface area (Å²) >= 11 is 11.4. The van der Waals surface area contributed by atoms with Crippen LogP contribution in [0, 0.1) is 6.42 Å². The number of hydrogen-bond donors (Lipinski definition) is 0. The largest absolute Gasteiger partial charge is 0.234 e. The minimum absolute atomic E-state index is 0.240. The summed E-state index contributed by atoms with van der Waals surface area (Å²) in [6.45, 7) is 0. The maximum Gasteiger partial charge on any atom is 0.194 e. The molecule has 0 aliphatic heterocycles. The van der Waals surface area contributed by atoms with Crippen LogP contribution in [0.15, 0.2) is 36.4 Å². The average Bonchev–Trinajstić information content (AvgIpc) is 2.16. The summed E-state index contributed by atoms with van der Waals surface area (Å²) in [4.78, 5) is 0. The van der Waals surface area contributed by atoms with E-state index in [4.69, 9.17) is 23.2 Å². The molecule has 2 atom stereocenters. The molecule has 0 N–H and O–H groups in total. The van der Waals surface area contributed by atoms with Crippen molar-refractivity contribution < 1.29 is 8.78 Å². The Hall–Kier alpha value is -0.600. The number of halogens is 4. The first-order chi connectivity index (χ1) is 7.43. The highest BCUT2D eigenvalue weighted by atomic mass is 35.5. The van der Waals surface area contributed by atoms with Crippen LogP contribution in [-0.2, 0) is 5.67 Å². The molecule has 0 fully saturated rings. The van der Waals surface area contributed by atoms with Crippen LogP contribution < -0.4 is 0 Å². The first-order valence-electron chi connectivity index (χ1n) is 4.78. The van der Waals surface area contributed by atoms with Gasteiger partial charge >= 0.3 is 0 Å². The van der Waals surface area contributed by atoms with E-state index in [-0.39, 0.29) is 10.6 Å². The van der Waals surface area contributed by atoms with Crippen LogP contribution in [0.25, 0.3) is 0 Å². The average molecular weight is 262 g/mol. The molecule has 0 heterocycles. The van der Waals surface area contributed by atoms with Gasteiger partial charge in [-0.05, 0) is 12.1 Å². The van der Waals surface area contributed by atoms with Crippen molar-refractivity contribution >= 4 is 23.2 Å². The summed E-state index contributed by atoms with van der Waals surface area (Å²) in [5.74, 6) is 0. The Kier molecular flexibility index (Phi) is 2.97. The molecule has 4 heteroatoms. The fraction of sp³-hybridized carbons (Fsp3) is 0.250. The zero-order valence-electron chi connectivity index (χ0n) is 8.26. The second-order valence-electron chi connectivity index (χ2n) is 3.81. The maximum atomic E-state index is 14.5. The number of allylic oxidation sites excluding steroid dienone is 2. The van der Waals surface area contributed by atoms with Gasteiger partial charge in [-0.3, -0.25) is 0 Å². The molecule has 1 radical (unpaired) electrons. The summed E-state index contributed by atoms with van der Waals surface area (Å²) < 4.78 is 28.1. The molecule has 2 unspecified atom stereocenters. The van der Waals surface area contributed by atoms with Gasteiger partial charge in [0.2, 0.25) is 0 Å². The normalized spacial score (nSPS) is 34.0. The highest BCUT2D eigenvalue weighted by molar-refractivity contribution is 6.31. The fourth-order valence-electron chi connectivity index (χ4n) is 1.79. The van der Waals surface area contributed by atoms with E-state index in [1.54, 1.807) is 18.2 Å². The van der Waals surface area contributed by atoms with Crippen molar-refractivity contribution in [2.24, 2.45) is 0 Å². The van der Waals surface area contributed by atoms with Gasteiger partial charge in [-0.15, -0.1) is 0 Å². The van der Waals surface area contributed by atoms with Crippen LogP contribution in [0.4, 0.5) is 8.78 Å². The van der Waals surface area contributed by atoms with Crippen molar-refractivity contribution in [3.63, 3.8) is 0 Å². The van der Waals surface area contributed by atoms with Gasteiger partial charge in [0.1, 0.15) is 0 Å². The summed E-state index contributed by atoms with van der Waals surface area (Å²) in [7, 11) is 0. The minimum Gasteiger partial charge on any atom is -0.234 e. The predicted molar refractivity (Wildman–Crippen MR) is 62.0 cm³/mol. The zero-order chi connectivity index (χ0) is 11.8. The topological polar surface area (TPSA) is 0 Å². The van der Waals surface area contributed by atoms with Crippen molar-refractivity contribution in [2.45, 2.75) is 17.2 Å². The van der Waals surface area contributed by atoms with Crippen molar-refractivity contribution in [3.05, 3.63) is 53.4 Å². The molecule has 0 bridgehead atoms. The van der Waals surface area contributed by atoms with E-state index in [0.29, 0.717) is 0 Å². The van der Waals surface area contributed by atoms with E-state index in [1.807, 2.05) is 0 Å². The molecule has 0 saturated carbocycles. The summed E-state index contributed by atoms with van der Waals surface area (Å²) in [6, 6.07) is 6.45. The molecule has 0 amide bonds. The molecule has 2 rings (SSSR count). The highest BCUT2D eigenvalue weighted by Gasteiger charge is 2.44. The second-order valence-corrected chi connectivity index (χ2v) is 4.84. The maximum absolute atomic E-state index is 14.5. The van der Waals surface area contributed by atoms with Crippen LogP contribution in [0.5, 0.6) is 0 Å². The van der Waals surface area contributed by atoms with Gasteiger partial charge in [0.05, 0.1) is 0 Å². The first kappa shape index (κ1) is 11.9. The van der Waals surface area contributed by atoms with Gasteiger partial charge in [0, 0.05) is 23.4 Å². The van der Waals surface area contributed by atoms with Crippen molar-refractivity contribution in [3.8, 4) is 0 Å². The Bertz CT molecular complexity index is 429.